The molecule has 1 aromatic rings. The molecule has 106 valence electrons. The van der Waals surface area contributed by atoms with E-state index in [1.54, 1.807) is 7.05 Å². The van der Waals surface area contributed by atoms with Crippen molar-refractivity contribution in [3.63, 3.8) is 0 Å². The lowest BCUT2D eigenvalue weighted by Crippen LogP contribution is -2.45. The van der Waals surface area contributed by atoms with Gasteiger partial charge in [0.15, 0.2) is 5.82 Å². The van der Waals surface area contributed by atoms with Gasteiger partial charge in [-0.1, -0.05) is 5.21 Å². The molecule has 1 saturated heterocycles. The standard InChI is InChI=1S/C11H20N6O2/c1-9-8-17(5-6-19-9)4-3-12-11(18)14-10-7-13-15-16(10)2/h7,9H,3-6,8H2,1-2H3,(H2,12,14,18). The predicted molar refractivity (Wildman–Crippen MR) is 69.9 cm³/mol. The highest BCUT2D eigenvalue weighted by atomic mass is 16.5. The summed E-state index contributed by atoms with van der Waals surface area (Å²) in [6, 6.07) is -0.244. The fourth-order valence-corrected chi connectivity index (χ4v) is 1.98. The lowest BCUT2D eigenvalue weighted by atomic mass is 10.3. The van der Waals surface area contributed by atoms with E-state index in [0.717, 1.165) is 26.2 Å². The maximum atomic E-state index is 11.6. The summed E-state index contributed by atoms with van der Waals surface area (Å²) in [6.07, 6.45) is 1.77. The van der Waals surface area contributed by atoms with Gasteiger partial charge in [0.25, 0.3) is 0 Å². The van der Waals surface area contributed by atoms with Crippen LogP contribution in [0, 0.1) is 0 Å². The van der Waals surface area contributed by atoms with Crippen LogP contribution >= 0.6 is 0 Å². The molecule has 1 aromatic heterocycles. The lowest BCUT2D eigenvalue weighted by molar-refractivity contribution is -0.0174. The summed E-state index contributed by atoms with van der Waals surface area (Å²) in [4.78, 5) is 13.9. The van der Waals surface area contributed by atoms with Crippen molar-refractivity contribution in [1.82, 2.24) is 25.2 Å². The van der Waals surface area contributed by atoms with E-state index in [4.69, 9.17) is 4.74 Å². The van der Waals surface area contributed by atoms with Crippen molar-refractivity contribution in [3.8, 4) is 0 Å². The highest BCUT2D eigenvalue weighted by molar-refractivity contribution is 5.88. The quantitative estimate of drug-likeness (QED) is 0.780. The fraction of sp³-hybridized carbons (Fsp3) is 0.727. The summed E-state index contributed by atoms with van der Waals surface area (Å²) in [5.74, 6) is 0.567. The molecule has 1 aliphatic rings. The Morgan fingerprint density at radius 3 is 3.16 bits per heavy atom. The van der Waals surface area contributed by atoms with E-state index in [0.29, 0.717) is 12.4 Å². The molecule has 1 atom stereocenters. The molecule has 1 fully saturated rings. The zero-order valence-electron chi connectivity index (χ0n) is 11.3. The molecule has 1 aliphatic heterocycles. The van der Waals surface area contributed by atoms with Crippen LogP contribution in [0.5, 0.6) is 0 Å². The summed E-state index contributed by atoms with van der Waals surface area (Å²) in [5.41, 5.74) is 0. The van der Waals surface area contributed by atoms with Crippen molar-refractivity contribution in [2.75, 3.05) is 38.1 Å². The van der Waals surface area contributed by atoms with Crippen LogP contribution in [0.1, 0.15) is 6.92 Å². The third-order valence-corrected chi connectivity index (χ3v) is 2.99. The summed E-state index contributed by atoms with van der Waals surface area (Å²) in [5, 5.41) is 12.9. The number of carbonyl (C=O) groups excluding carboxylic acids is 1. The Hall–Kier alpha value is -1.67. The minimum atomic E-state index is -0.244. The lowest BCUT2D eigenvalue weighted by Gasteiger charge is -2.30. The highest BCUT2D eigenvalue weighted by Gasteiger charge is 2.16. The first kappa shape index (κ1) is 13.8. The molecule has 1 unspecified atom stereocenters. The number of carbonyl (C=O) groups is 1. The maximum absolute atomic E-state index is 11.6. The van der Waals surface area contributed by atoms with Gasteiger partial charge in [-0.25, -0.2) is 9.48 Å². The average molecular weight is 268 g/mol. The molecule has 2 heterocycles. The Bertz CT molecular complexity index is 421. The van der Waals surface area contributed by atoms with Crippen LogP contribution in [0.3, 0.4) is 0 Å². The SMILES string of the molecule is CC1CN(CCNC(=O)Nc2cnnn2C)CCO1. The minimum absolute atomic E-state index is 0.244. The Morgan fingerprint density at radius 2 is 2.47 bits per heavy atom. The van der Waals surface area contributed by atoms with Gasteiger partial charge in [-0.3, -0.25) is 10.2 Å². The summed E-state index contributed by atoms with van der Waals surface area (Å²) in [7, 11) is 1.72. The average Bonchev–Trinajstić information content (AvgIpc) is 2.75. The molecule has 8 heteroatoms. The number of urea groups is 1. The maximum Gasteiger partial charge on any atom is 0.320 e. The van der Waals surface area contributed by atoms with E-state index < -0.39 is 0 Å². The van der Waals surface area contributed by atoms with Gasteiger partial charge in [0, 0.05) is 33.2 Å². The molecule has 8 nitrogen and oxygen atoms in total. The van der Waals surface area contributed by atoms with E-state index in [2.05, 4.69) is 32.8 Å². The molecular formula is C11H20N6O2. The smallest absolute Gasteiger partial charge is 0.320 e. The minimum Gasteiger partial charge on any atom is -0.376 e. The molecule has 0 spiro atoms. The number of amides is 2. The molecule has 0 bridgehead atoms. The van der Waals surface area contributed by atoms with Crippen molar-refractivity contribution < 1.29 is 9.53 Å². The molecule has 2 amide bonds. The Balaban J connectivity index is 1.65. The Morgan fingerprint density at radius 1 is 1.63 bits per heavy atom. The highest BCUT2D eigenvalue weighted by Crippen LogP contribution is 2.03. The number of morpholine rings is 1. The second-order valence-corrected chi connectivity index (χ2v) is 4.61. The van der Waals surface area contributed by atoms with Gasteiger partial charge in [-0.2, -0.15) is 0 Å². The molecule has 19 heavy (non-hydrogen) atoms. The summed E-state index contributed by atoms with van der Waals surface area (Å²) in [6.45, 7) is 6.07. The Kier molecular flexibility index (Phi) is 4.69. The number of rotatable bonds is 4. The number of hydrogen-bond donors (Lipinski definition) is 2. The second kappa shape index (κ2) is 6.48. The van der Waals surface area contributed by atoms with Crippen LogP contribution in [0.2, 0.25) is 0 Å². The third-order valence-electron chi connectivity index (χ3n) is 2.99. The van der Waals surface area contributed by atoms with Crippen molar-refractivity contribution in [3.05, 3.63) is 6.20 Å². The summed E-state index contributed by atoms with van der Waals surface area (Å²) >= 11 is 0. The van der Waals surface area contributed by atoms with Crippen molar-refractivity contribution >= 4 is 11.8 Å². The zero-order valence-corrected chi connectivity index (χ0v) is 11.3. The summed E-state index contributed by atoms with van der Waals surface area (Å²) < 4.78 is 6.96. The number of hydrogen-bond acceptors (Lipinski definition) is 5. The molecule has 2 N–H and O–H groups in total. The van der Waals surface area contributed by atoms with Gasteiger partial charge in [0.05, 0.1) is 18.9 Å². The van der Waals surface area contributed by atoms with Crippen LogP contribution in [0.4, 0.5) is 10.6 Å². The van der Waals surface area contributed by atoms with Crippen LogP contribution < -0.4 is 10.6 Å². The Labute approximate surface area is 112 Å². The van der Waals surface area contributed by atoms with Crippen molar-refractivity contribution in [2.45, 2.75) is 13.0 Å². The second-order valence-electron chi connectivity index (χ2n) is 4.61. The van der Waals surface area contributed by atoms with Crippen LogP contribution in [-0.2, 0) is 11.8 Å². The van der Waals surface area contributed by atoms with E-state index in [1.807, 2.05) is 0 Å². The van der Waals surface area contributed by atoms with Gasteiger partial charge >= 0.3 is 6.03 Å². The molecule has 2 rings (SSSR count). The first-order chi connectivity index (χ1) is 9.15. The monoisotopic (exact) mass is 268 g/mol. The van der Waals surface area contributed by atoms with Gasteiger partial charge in [0.1, 0.15) is 0 Å². The van der Waals surface area contributed by atoms with Gasteiger partial charge < -0.3 is 10.1 Å². The molecular weight excluding hydrogens is 248 g/mol. The van der Waals surface area contributed by atoms with Gasteiger partial charge in [0.2, 0.25) is 0 Å². The topological polar surface area (TPSA) is 84.3 Å². The molecule has 0 aliphatic carbocycles. The van der Waals surface area contributed by atoms with E-state index in [1.165, 1.54) is 10.9 Å². The molecule has 0 radical (unpaired) electrons. The van der Waals surface area contributed by atoms with Crippen molar-refractivity contribution in [1.29, 1.82) is 0 Å². The van der Waals surface area contributed by atoms with Crippen LogP contribution in [-0.4, -0.2) is 64.8 Å². The van der Waals surface area contributed by atoms with E-state index in [-0.39, 0.29) is 12.1 Å². The van der Waals surface area contributed by atoms with Gasteiger partial charge in [-0.05, 0) is 6.92 Å². The van der Waals surface area contributed by atoms with Crippen LogP contribution in [0.15, 0.2) is 6.20 Å². The normalized spacial score (nSPS) is 20.2. The fourth-order valence-electron chi connectivity index (χ4n) is 1.98. The predicted octanol–water partition coefficient (Wildman–Crippen LogP) is -0.343. The number of ether oxygens (including phenoxy) is 1. The molecule has 0 aromatic carbocycles. The number of aryl methyl sites for hydroxylation is 1. The first-order valence-electron chi connectivity index (χ1n) is 6.38. The number of anilines is 1. The van der Waals surface area contributed by atoms with Crippen LogP contribution in [0.25, 0.3) is 0 Å². The van der Waals surface area contributed by atoms with E-state index in [9.17, 15) is 4.79 Å². The number of nitrogens with zero attached hydrogens (tertiary/aromatic N) is 4. The largest absolute Gasteiger partial charge is 0.376 e. The number of aromatic nitrogens is 3. The first-order valence-corrected chi connectivity index (χ1v) is 6.38. The zero-order chi connectivity index (χ0) is 13.7. The number of nitrogens with one attached hydrogen (secondary N) is 2. The van der Waals surface area contributed by atoms with E-state index >= 15 is 0 Å². The van der Waals surface area contributed by atoms with Gasteiger partial charge in [-0.15, -0.1) is 5.10 Å². The van der Waals surface area contributed by atoms with Crippen molar-refractivity contribution in [2.24, 2.45) is 7.05 Å². The third kappa shape index (κ3) is 4.18. The molecule has 0 saturated carbocycles.